The van der Waals surface area contributed by atoms with Gasteiger partial charge in [0, 0.05) is 10.6 Å². The van der Waals surface area contributed by atoms with Crippen LogP contribution >= 0.6 is 11.6 Å². The van der Waals surface area contributed by atoms with Crippen LogP contribution in [-0.4, -0.2) is 12.4 Å². The van der Waals surface area contributed by atoms with E-state index in [4.69, 9.17) is 16.3 Å². The summed E-state index contributed by atoms with van der Waals surface area (Å²) in [5.74, 6) is 0.619. The van der Waals surface area contributed by atoms with Crippen molar-refractivity contribution < 1.29 is 9.53 Å². The Hall–Kier alpha value is -1.80. The Kier molecular flexibility index (Phi) is 5.19. The van der Waals surface area contributed by atoms with E-state index in [0.29, 0.717) is 16.3 Å². The van der Waals surface area contributed by atoms with E-state index in [2.05, 4.69) is 6.92 Å². The van der Waals surface area contributed by atoms with Crippen molar-refractivity contribution in [3.8, 4) is 5.75 Å². The summed E-state index contributed by atoms with van der Waals surface area (Å²) in [7, 11) is 0. The summed E-state index contributed by atoms with van der Waals surface area (Å²) >= 11 is 6.18. The van der Waals surface area contributed by atoms with E-state index >= 15 is 0 Å². The average molecular weight is 289 g/mol. The zero-order valence-corrected chi connectivity index (χ0v) is 12.2. The van der Waals surface area contributed by atoms with Crippen LogP contribution < -0.4 is 4.74 Å². The van der Waals surface area contributed by atoms with E-state index in [1.807, 2.05) is 42.5 Å². The number of ether oxygens (including phenoxy) is 1. The van der Waals surface area contributed by atoms with Gasteiger partial charge in [-0.2, -0.15) is 0 Å². The fourth-order valence-electron chi connectivity index (χ4n) is 1.94. The molecule has 0 aromatic heterocycles. The van der Waals surface area contributed by atoms with Crippen LogP contribution in [0.3, 0.4) is 0 Å². The van der Waals surface area contributed by atoms with E-state index in [9.17, 15) is 4.79 Å². The molecule has 0 fully saturated rings. The topological polar surface area (TPSA) is 26.3 Å². The maximum absolute atomic E-state index is 12.1. The minimum Gasteiger partial charge on any atom is -0.485 e. The lowest BCUT2D eigenvalue weighted by Gasteiger charge is -2.07. The van der Waals surface area contributed by atoms with Gasteiger partial charge in [0.2, 0.25) is 0 Å². The Balaban J connectivity index is 2.00. The number of halogens is 1. The zero-order valence-electron chi connectivity index (χ0n) is 11.4. The third-order valence-corrected chi connectivity index (χ3v) is 3.36. The second-order valence-electron chi connectivity index (χ2n) is 4.58. The van der Waals surface area contributed by atoms with Crippen molar-refractivity contribution in [1.29, 1.82) is 0 Å². The quantitative estimate of drug-likeness (QED) is 0.729. The number of para-hydroxylation sites is 1. The lowest BCUT2D eigenvalue weighted by atomic mass is 10.1. The number of hydrogen-bond acceptors (Lipinski definition) is 2. The fraction of sp³-hybridized carbons (Fsp3) is 0.235. The smallest absolute Gasteiger partial charge is 0.200 e. The summed E-state index contributed by atoms with van der Waals surface area (Å²) in [5, 5.41) is 0.650. The van der Waals surface area contributed by atoms with Gasteiger partial charge in [0.25, 0.3) is 0 Å². The number of benzene rings is 2. The molecule has 20 heavy (non-hydrogen) atoms. The summed E-state index contributed by atoms with van der Waals surface area (Å²) in [5.41, 5.74) is 1.67. The average Bonchev–Trinajstić information content (AvgIpc) is 2.48. The largest absolute Gasteiger partial charge is 0.485 e. The van der Waals surface area contributed by atoms with Crippen LogP contribution in [-0.2, 0) is 6.42 Å². The minimum atomic E-state index is -0.0706. The fourth-order valence-corrected chi connectivity index (χ4v) is 2.22. The van der Waals surface area contributed by atoms with Crippen molar-refractivity contribution in [3.63, 3.8) is 0 Å². The van der Waals surface area contributed by atoms with Gasteiger partial charge in [-0.1, -0.05) is 55.3 Å². The molecule has 0 aliphatic rings. The lowest BCUT2D eigenvalue weighted by molar-refractivity contribution is 0.0921. The Morgan fingerprint density at radius 2 is 1.90 bits per heavy atom. The first-order valence-corrected chi connectivity index (χ1v) is 7.08. The predicted octanol–water partition coefficient (Wildman–Crippen LogP) is 4.55. The third kappa shape index (κ3) is 3.84. The van der Waals surface area contributed by atoms with Gasteiger partial charge in [-0.3, -0.25) is 4.79 Å². The molecule has 0 spiro atoms. The van der Waals surface area contributed by atoms with Crippen molar-refractivity contribution in [3.05, 3.63) is 64.7 Å². The Morgan fingerprint density at radius 3 is 2.55 bits per heavy atom. The number of aryl methyl sites for hydroxylation is 1. The molecule has 104 valence electrons. The molecule has 0 bridgehead atoms. The van der Waals surface area contributed by atoms with Crippen molar-refractivity contribution in [2.75, 3.05) is 6.61 Å². The highest BCUT2D eigenvalue weighted by Gasteiger charge is 2.09. The van der Waals surface area contributed by atoms with Crippen LogP contribution in [0.4, 0.5) is 0 Å². The summed E-state index contributed by atoms with van der Waals surface area (Å²) in [6.45, 7) is 2.12. The van der Waals surface area contributed by atoms with Crippen molar-refractivity contribution in [1.82, 2.24) is 0 Å². The summed E-state index contributed by atoms with van der Waals surface area (Å²) in [6.07, 6.45) is 1.96. The standard InChI is InChI=1S/C17H17ClO2/c1-2-6-13-9-10-14(11-16(13)18)17(19)12-20-15-7-4-3-5-8-15/h3-5,7-11H,2,6,12H2,1H3. The maximum Gasteiger partial charge on any atom is 0.200 e. The number of Topliss-reactive ketones (excluding diaryl/α,β-unsaturated/α-hetero) is 1. The van der Waals surface area contributed by atoms with Crippen LogP contribution in [0.15, 0.2) is 48.5 Å². The van der Waals surface area contributed by atoms with Crippen molar-refractivity contribution in [2.45, 2.75) is 19.8 Å². The second kappa shape index (κ2) is 7.11. The molecule has 0 amide bonds. The monoisotopic (exact) mass is 288 g/mol. The van der Waals surface area contributed by atoms with Gasteiger partial charge in [-0.05, 0) is 30.2 Å². The molecular weight excluding hydrogens is 272 g/mol. The molecule has 0 heterocycles. The van der Waals surface area contributed by atoms with Gasteiger partial charge < -0.3 is 4.74 Å². The predicted molar refractivity (Wildman–Crippen MR) is 81.7 cm³/mol. The summed E-state index contributed by atoms with van der Waals surface area (Å²) < 4.78 is 5.45. The normalized spacial score (nSPS) is 10.3. The molecule has 3 heteroatoms. The second-order valence-corrected chi connectivity index (χ2v) is 4.99. The first-order chi connectivity index (χ1) is 9.70. The Bertz CT molecular complexity index is 579. The van der Waals surface area contributed by atoms with Crippen LogP contribution in [0.2, 0.25) is 5.02 Å². The van der Waals surface area contributed by atoms with E-state index in [0.717, 1.165) is 18.4 Å². The number of rotatable bonds is 6. The number of hydrogen-bond donors (Lipinski definition) is 0. The van der Waals surface area contributed by atoms with E-state index in [1.54, 1.807) is 6.07 Å². The van der Waals surface area contributed by atoms with E-state index in [1.165, 1.54) is 0 Å². The summed E-state index contributed by atoms with van der Waals surface area (Å²) in [4.78, 5) is 12.1. The zero-order chi connectivity index (χ0) is 14.4. The first-order valence-electron chi connectivity index (χ1n) is 6.70. The minimum absolute atomic E-state index is 0.0213. The SMILES string of the molecule is CCCc1ccc(C(=O)COc2ccccc2)cc1Cl. The molecule has 0 radical (unpaired) electrons. The Labute approximate surface area is 124 Å². The molecule has 0 saturated carbocycles. The van der Waals surface area contributed by atoms with Crippen LogP contribution in [0, 0.1) is 0 Å². The van der Waals surface area contributed by atoms with Gasteiger partial charge in [0.15, 0.2) is 12.4 Å². The maximum atomic E-state index is 12.1. The number of carbonyl (C=O) groups excluding carboxylic acids is 1. The van der Waals surface area contributed by atoms with Crippen LogP contribution in [0.5, 0.6) is 5.75 Å². The van der Waals surface area contributed by atoms with Crippen LogP contribution in [0.25, 0.3) is 0 Å². The molecular formula is C17H17ClO2. The van der Waals surface area contributed by atoms with Gasteiger partial charge >= 0.3 is 0 Å². The molecule has 0 aliphatic heterocycles. The van der Waals surface area contributed by atoms with Crippen LogP contribution in [0.1, 0.15) is 29.3 Å². The first kappa shape index (κ1) is 14.6. The Morgan fingerprint density at radius 1 is 1.15 bits per heavy atom. The number of carbonyl (C=O) groups is 1. The highest BCUT2D eigenvalue weighted by atomic mass is 35.5. The van der Waals surface area contributed by atoms with E-state index in [-0.39, 0.29) is 12.4 Å². The van der Waals surface area contributed by atoms with Gasteiger partial charge in [-0.25, -0.2) is 0 Å². The van der Waals surface area contributed by atoms with Gasteiger partial charge in [0.1, 0.15) is 5.75 Å². The molecule has 2 rings (SSSR count). The highest BCUT2D eigenvalue weighted by Crippen LogP contribution is 2.20. The van der Waals surface area contributed by atoms with E-state index < -0.39 is 0 Å². The molecule has 0 atom stereocenters. The molecule has 0 unspecified atom stereocenters. The molecule has 2 nitrogen and oxygen atoms in total. The summed E-state index contributed by atoms with van der Waals surface area (Å²) in [6, 6.07) is 14.8. The van der Waals surface area contributed by atoms with Crippen molar-refractivity contribution in [2.24, 2.45) is 0 Å². The van der Waals surface area contributed by atoms with Gasteiger partial charge in [-0.15, -0.1) is 0 Å². The number of ketones is 1. The molecule has 0 aliphatic carbocycles. The molecule has 0 saturated heterocycles. The third-order valence-electron chi connectivity index (χ3n) is 3.01. The molecule has 2 aromatic carbocycles. The van der Waals surface area contributed by atoms with Gasteiger partial charge in [0.05, 0.1) is 0 Å². The molecule has 2 aromatic rings. The van der Waals surface area contributed by atoms with Crippen molar-refractivity contribution >= 4 is 17.4 Å². The molecule has 0 N–H and O–H groups in total. The highest BCUT2D eigenvalue weighted by molar-refractivity contribution is 6.31. The lowest BCUT2D eigenvalue weighted by Crippen LogP contribution is -2.11.